The fourth-order valence-electron chi connectivity index (χ4n) is 2.60. The van der Waals surface area contributed by atoms with Crippen molar-refractivity contribution in [2.45, 2.75) is 12.5 Å². The lowest BCUT2D eigenvalue weighted by atomic mass is 10.2. The van der Waals surface area contributed by atoms with Gasteiger partial charge in [-0.1, -0.05) is 17.7 Å². The summed E-state index contributed by atoms with van der Waals surface area (Å²) in [6.45, 7) is 1.01. The van der Waals surface area contributed by atoms with Crippen LogP contribution >= 0.6 is 11.6 Å². The molecular formula is C16H16ClN3O4. The van der Waals surface area contributed by atoms with Crippen LogP contribution in [0.3, 0.4) is 0 Å². The third-order valence-electron chi connectivity index (χ3n) is 3.73. The van der Waals surface area contributed by atoms with Crippen molar-refractivity contribution in [3.63, 3.8) is 0 Å². The third-order valence-corrected chi connectivity index (χ3v) is 3.97. The van der Waals surface area contributed by atoms with E-state index in [1.807, 2.05) is 6.07 Å². The number of aromatic nitrogens is 2. The Morgan fingerprint density at radius 2 is 2.25 bits per heavy atom. The van der Waals surface area contributed by atoms with Crippen LogP contribution in [0.4, 0.5) is 0 Å². The van der Waals surface area contributed by atoms with Gasteiger partial charge >= 0.3 is 5.97 Å². The first-order chi connectivity index (χ1) is 11.5. The summed E-state index contributed by atoms with van der Waals surface area (Å²) < 4.78 is 6.96. The number of ether oxygens (including phenoxy) is 1. The number of benzene rings is 1. The van der Waals surface area contributed by atoms with E-state index >= 15 is 0 Å². The molecule has 1 atom stereocenters. The lowest BCUT2D eigenvalue weighted by molar-refractivity contribution is -0.141. The topological polar surface area (TPSA) is 84.7 Å². The van der Waals surface area contributed by atoms with E-state index in [1.54, 1.807) is 34.0 Å². The van der Waals surface area contributed by atoms with Crippen LogP contribution in [0.25, 0.3) is 5.69 Å². The molecule has 0 unspecified atom stereocenters. The Morgan fingerprint density at radius 1 is 1.42 bits per heavy atom. The minimum Gasteiger partial charge on any atom is -0.481 e. The number of carboxylic acid groups (broad SMARTS) is 1. The van der Waals surface area contributed by atoms with Crippen molar-refractivity contribution < 1.29 is 19.4 Å². The summed E-state index contributed by atoms with van der Waals surface area (Å²) in [7, 11) is 0. The molecule has 0 spiro atoms. The van der Waals surface area contributed by atoms with Gasteiger partial charge in [-0.15, -0.1) is 0 Å². The van der Waals surface area contributed by atoms with E-state index in [-0.39, 0.29) is 18.9 Å². The second-order valence-electron chi connectivity index (χ2n) is 5.50. The molecule has 7 nitrogen and oxygen atoms in total. The molecule has 1 N–H and O–H groups in total. The molecule has 126 valence electrons. The number of carboxylic acids is 1. The first kappa shape index (κ1) is 16.5. The van der Waals surface area contributed by atoms with Gasteiger partial charge in [0.15, 0.2) is 0 Å². The number of carbonyl (C=O) groups excluding carboxylic acids is 1. The SMILES string of the molecule is O=C(O)C[C@@H]1CN(C(=O)c2cnn(-c3cccc(Cl)c3)c2)CCO1. The number of halogens is 1. The average molecular weight is 350 g/mol. The Labute approximate surface area is 143 Å². The van der Waals surface area contributed by atoms with E-state index in [4.69, 9.17) is 21.4 Å². The Bertz CT molecular complexity index is 761. The van der Waals surface area contributed by atoms with Crippen LogP contribution in [0.5, 0.6) is 0 Å². The zero-order valence-corrected chi connectivity index (χ0v) is 13.5. The van der Waals surface area contributed by atoms with E-state index in [0.717, 1.165) is 5.69 Å². The molecule has 1 aromatic heterocycles. The van der Waals surface area contributed by atoms with Crippen LogP contribution in [0, 0.1) is 0 Å². The number of rotatable bonds is 4. The highest BCUT2D eigenvalue weighted by Gasteiger charge is 2.27. The maximum atomic E-state index is 12.6. The normalized spacial score (nSPS) is 17.7. The van der Waals surface area contributed by atoms with Crippen LogP contribution in [0.1, 0.15) is 16.8 Å². The molecule has 2 aromatic rings. The number of hydrogen-bond donors (Lipinski definition) is 1. The van der Waals surface area contributed by atoms with Gasteiger partial charge in [0, 0.05) is 24.3 Å². The zero-order valence-electron chi connectivity index (χ0n) is 12.8. The summed E-state index contributed by atoms with van der Waals surface area (Å²) in [6.07, 6.45) is 2.52. The summed E-state index contributed by atoms with van der Waals surface area (Å²) in [5, 5.41) is 13.6. The van der Waals surface area contributed by atoms with Gasteiger partial charge in [0.05, 0.1) is 36.6 Å². The second-order valence-corrected chi connectivity index (χ2v) is 5.93. The van der Waals surface area contributed by atoms with E-state index in [0.29, 0.717) is 23.7 Å². The van der Waals surface area contributed by atoms with Crippen molar-refractivity contribution >= 4 is 23.5 Å². The van der Waals surface area contributed by atoms with Crippen molar-refractivity contribution in [2.75, 3.05) is 19.7 Å². The maximum absolute atomic E-state index is 12.6. The summed E-state index contributed by atoms with van der Waals surface area (Å²) >= 11 is 5.97. The van der Waals surface area contributed by atoms with Crippen LogP contribution < -0.4 is 0 Å². The zero-order chi connectivity index (χ0) is 17.1. The number of carbonyl (C=O) groups is 2. The predicted octanol–water partition coefficient (Wildman–Crippen LogP) is 1.84. The van der Waals surface area contributed by atoms with Crippen LogP contribution in [0.2, 0.25) is 5.02 Å². The molecule has 1 saturated heterocycles. The van der Waals surface area contributed by atoms with Gasteiger partial charge in [-0.2, -0.15) is 5.10 Å². The molecule has 1 aliphatic rings. The van der Waals surface area contributed by atoms with Crippen molar-refractivity contribution in [1.82, 2.24) is 14.7 Å². The smallest absolute Gasteiger partial charge is 0.306 e. The average Bonchev–Trinajstić information content (AvgIpc) is 3.04. The lowest BCUT2D eigenvalue weighted by Gasteiger charge is -2.32. The third kappa shape index (κ3) is 3.74. The largest absolute Gasteiger partial charge is 0.481 e. The maximum Gasteiger partial charge on any atom is 0.306 e. The van der Waals surface area contributed by atoms with Crippen LogP contribution in [-0.2, 0) is 9.53 Å². The van der Waals surface area contributed by atoms with E-state index < -0.39 is 12.1 Å². The fraction of sp³-hybridized carbons (Fsp3) is 0.312. The van der Waals surface area contributed by atoms with Crippen molar-refractivity contribution in [2.24, 2.45) is 0 Å². The molecule has 8 heteroatoms. The first-order valence-electron chi connectivity index (χ1n) is 7.46. The van der Waals surface area contributed by atoms with Gasteiger partial charge in [-0.25, -0.2) is 4.68 Å². The highest BCUT2D eigenvalue weighted by molar-refractivity contribution is 6.30. The second kappa shape index (κ2) is 7.02. The number of hydrogen-bond acceptors (Lipinski definition) is 4. The minimum atomic E-state index is -0.942. The molecule has 0 bridgehead atoms. The molecular weight excluding hydrogens is 334 g/mol. The molecule has 1 amide bonds. The Morgan fingerprint density at radius 3 is 3.00 bits per heavy atom. The van der Waals surface area contributed by atoms with Gasteiger partial charge in [-0.05, 0) is 18.2 Å². The summed E-state index contributed by atoms with van der Waals surface area (Å²) in [5.41, 5.74) is 1.19. The van der Waals surface area contributed by atoms with Gasteiger partial charge in [0.1, 0.15) is 0 Å². The van der Waals surface area contributed by atoms with Gasteiger partial charge in [0.25, 0.3) is 5.91 Å². The van der Waals surface area contributed by atoms with Gasteiger partial charge < -0.3 is 14.7 Å². The molecule has 1 aromatic carbocycles. The Hall–Kier alpha value is -2.38. The summed E-state index contributed by atoms with van der Waals surface area (Å²) in [4.78, 5) is 25.0. The number of amides is 1. The fourth-order valence-corrected chi connectivity index (χ4v) is 2.78. The van der Waals surface area contributed by atoms with Gasteiger partial charge in [-0.3, -0.25) is 9.59 Å². The van der Waals surface area contributed by atoms with Crippen LogP contribution in [-0.4, -0.2) is 57.5 Å². The number of nitrogens with zero attached hydrogens (tertiary/aromatic N) is 3. The molecule has 24 heavy (non-hydrogen) atoms. The quantitative estimate of drug-likeness (QED) is 0.910. The van der Waals surface area contributed by atoms with Gasteiger partial charge in [0.2, 0.25) is 0 Å². The Kier molecular flexibility index (Phi) is 4.82. The molecule has 0 aliphatic carbocycles. The van der Waals surface area contributed by atoms with E-state index in [9.17, 15) is 9.59 Å². The van der Waals surface area contributed by atoms with Crippen molar-refractivity contribution in [1.29, 1.82) is 0 Å². The van der Waals surface area contributed by atoms with E-state index in [2.05, 4.69) is 5.10 Å². The van der Waals surface area contributed by atoms with E-state index in [1.165, 1.54) is 6.20 Å². The lowest BCUT2D eigenvalue weighted by Crippen LogP contribution is -2.46. The van der Waals surface area contributed by atoms with Crippen LogP contribution in [0.15, 0.2) is 36.7 Å². The molecule has 0 radical (unpaired) electrons. The molecule has 3 rings (SSSR count). The summed E-state index contributed by atoms with van der Waals surface area (Å²) in [5.74, 6) is -1.13. The molecule has 1 aliphatic heterocycles. The highest BCUT2D eigenvalue weighted by atomic mass is 35.5. The predicted molar refractivity (Wildman–Crippen MR) is 86.5 cm³/mol. The first-order valence-corrected chi connectivity index (χ1v) is 7.84. The van der Waals surface area contributed by atoms with Crippen molar-refractivity contribution in [3.8, 4) is 5.69 Å². The number of aliphatic carboxylic acids is 1. The number of morpholine rings is 1. The minimum absolute atomic E-state index is 0.119. The molecule has 1 fully saturated rings. The highest BCUT2D eigenvalue weighted by Crippen LogP contribution is 2.16. The molecule has 0 saturated carbocycles. The monoisotopic (exact) mass is 349 g/mol. The Balaban J connectivity index is 1.72. The van der Waals surface area contributed by atoms with Crippen molar-refractivity contribution in [3.05, 3.63) is 47.2 Å². The molecule has 2 heterocycles. The standard InChI is InChI=1S/C16H16ClN3O4/c17-12-2-1-3-13(6-12)20-9-11(8-18-20)16(23)19-4-5-24-14(10-19)7-15(21)22/h1-3,6,8-9,14H,4-5,7,10H2,(H,21,22)/t14-/m1/s1. The summed E-state index contributed by atoms with van der Waals surface area (Å²) in [6, 6.07) is 7.15.